The number of ether oxygens (including phenoxy) is 2. The van der Waals surface area contributed by atoms with Crippen LogP contribution in [0.5, 0.6) is 0 Å². The molecule has 2 unspecified atom stereocenters. The van der Waals surface area contributed by atoms with Crippen LogP contribution < -0.4 is 0 Å². The average molecular weight is 353 g/mol. The van der Waals surface area contributed by atoms with Crippen molar-refractivity contribution in [2.45, 2.75) is 44.8 Å². The topological polar surface area (TPSA) is 52.6 Å². The minimum Gasteiger partial charge on any atom is -0.349 e. The Morgan fingerprint density at radius 1 is 1.21 bits per heavy atom. The minimum atomic E-state index is -0.967. The molecule has 0 spiro atoms. The summed E-state index contributed by atoms with van der Waals surface area (Å²) in [6.07, 6.45) is 3.96. The lowest BCUT2D eigenvalue weighted by Crippen LogP contribution is -2.39. The first-order chi connectivity index (χ1) is 11.6. The number of methoxy groups -OCH3 is 2. The van der Waals surface area contributed by atoms with Gasteiger partial charge in [-0.2, -0.15) is 0 Å². The van der Waals surface area contributed by atoms with Crippen molar-refractivity contribution >= 4 is 23.2 Å². The van der Waals surface area contributed by atoms with E-state index in [1.54, 1.807) is 0 Å². The van der Waals surface area contributed by atoms with E-state index in [9.17, 15) is 9.59 Å². The highest BCUT2D eigenvalue weighted by atomic mass is 35.5. The molecule has 132 valence electrons. The quantitative estimate of drug-likeness (QED) is 0.576. The molecule has 0 bridgehead atoms. The van der Waals surface area contributed by atoms with Gasteiger partial charge in [0.05, 0.1) is 5.92 Å². The molecule has 0 aliphatic heterocycles. The van der Waals surface area contributed by atoms with Crippen molar-refractivity contribution in [1.82, 2.24) is 0 Å². The Bertz CT molecular complexity index is 568. The van der Waals surface area contributed by atoms with Crippen molar-refractivity contribution in [3.63, 3.8) is 0 Å². The number of rotatable bonds is 6. The fourth-order valence-corrected chi connectivity index (χ4v) is 3.62. The fraction of sp³-hybridized carbons (Fsp3) is 0.579. The maximum Gasteiger partial charge on any atom is 0.218 e. The normalized spacial score (nSPS) is 22.2. The predicted molar refractivity (Wildman–Crippen MR) is 93.0 cm³/mol. The molecule has 0 N–H and O–H groups in total. The van der Waals surface area contributed by atoms with Gasteiger partial charge in [-0.3, -0.25) is 9.59 Å². The first-order valence-electron chi connectivity index (χ1n) is 8.44. The lowest BCUT2D eigenvalue weighted by atomic mass is 9.78. The van der Waals surface area contributed by atoms with Crippen molar-refractivity contribution in [3.05, 3.63) is 34.9 Å². The number of carbonyl (C=O) groups excluding carboxylic acids is 2. The van der Waals surface area contributed by atoms with Gasteiger partial charge in [0.15, 0.2) is 5.78 Å². The zero-order chi connectivity index (χ0) is 17.5. The third-order valence-corrected chi connectivity index (χ3v) is 4.90. The minimum absolute atomic E-state index is 0.0128. The number of ketones is 2. The lowest BCUT2D eigenvalue weighted by molar-refractivity contribution is -0.164. The zero-order valence-corrected chi connectivity index (χ0v) is 15.1. The van der Waals surface area contributed by atoms with Crippen molar-refractivity contribution in [1.29, 1.82) is 0 Å². The summed E-state index contributed by atoms with van der Waals surface area (Å²) < 4.78 is 10.1. The van der Waals surface area contributed by atoms with Crippen LogP contribution in [0.1, 0.15) is 37.7 Å². The molecular formula is C19H25ClO4. The average Bonchev–Trinajstić information content (AvgIpc) is 2.56. The Morgan fingerprint density at radius 3 is 2.58 bits per heavy atom. The Kier molecular flexibility index (Phi) is 7.40. The zero-order valence-electron chi connectivity index (χ0n) is 14.3. The second-order valence-corrected chi connectivity index (χ2v) is 6.77. The van der Waals surface area contributed by atoms with Gasteiger partial charge in [0.2, 0.25) is 6.29 Å². The standard InChI is InChI=1S/C19H25ClO4/c1-23-19(24-2)18(22)16-10-5-3-4-8-14(17(16)21)11-13-7-6-9-15(20)12-13/h6-7,9,12,14,16,19H,3-5,8,10-11H2,1-2H3. The molecule has 0 amide bonds. The molecule has 1 aliphatic carbocycles. The summed E-state index contributed by atoms with van der Waals surface area (Å²) >= 11 is 6.04. The molecule has 0 aromatic heterocycles. The van der Waals surface area contributed by atoms with E-state index in [4.69, 9.17) is 21.1 Å². The van der Waals surface area contributed by atoms with Crippen molar-refractivity contribution in [3.8, 4) is 0 Å². The monoisotopic (exact) mass is 352 g/mol. The van der Waals surface area contributed by atoms with Crippen LogP contribution in [0.2, 0.25) is 5.02 Å². The Hall–Kier alpha value is -1.23. The summed E-state index contributed by atoms with van der Waals surface area (Å²) in [4.78, 5) is 25.6. The number of carbonyl (C=O) groups is 2. The van der Waals surface area contributed by atoms with Crippen LogP contribution in [0.15, 0.2) is 24.3 Å². The molecule has 0 saturated heterocycles. The van der Waals surface area contributed by atoms with Crippen LogP contribution in [0.4, 0.5) is 0 Å². The van der Waals surface area contributed by atoms with Gasteiger partial charge in [-0.05, 0) is 37.0 Å². The van der Waals surface area contributed by atoms with Gasteiger partial charge < -0.3 is 9.47 Å². The van der Waals surface area contributed by atoms with Crippen LogP contribution in [0.25, 0.3) is 0 Å². The molecule has 2 atom stereocenters. The number of hydrogen-bond acceptors (Lipinski definition) is 4. The van der Waals surface area contributed by atoms with E-state index in [0.717, 1.165) is 31.2 Å². The van der Waals surface area contributed by atoms with E-state index >= 15 is 0 Å². The second-order valence-electron chi connectivity index (χ2n) is 6.33. The Morgan fingerprint density at radius 2 is 1.92 bits per heavy atom. The maximum absolute atomic E-state index is 13.0. The lowest BCUT2D eigenvalue weighted by Gasteiger charge is -2.26. The van der Waals surface area contributed by atoms with Gasteiger partial charge >= 0.3 is 0 Å². The van der Waals surface area contributed by atoms with Gasteiger partial charge in [-0.1, -0.05) is 43.0 Å². The van der Waals surface area contributed by atoms with Crippen molar-refractivity contribution in [2.24, 2.45) is 11.8 Å². The van der Waals surface area contributed by atoms with Crippen molar-refractivity contribution < 1.29 is 19.1 Å². The fourth-order valence-electron chi connectivity index (χ4n) is 3.41. The number of halogens is 1. The molecule has 1 aliphatic rings. The van der Waals surface area contributed by atoms with Crippen LogP contribution >= 0.6 is 11.6 Å². The molecule has 24 heavy (non-hydrogen) atoms. The summed E-state index contributed by atoms with van der Waals surface area (Å²) in [5, 5.41) is 0.664. The van der Waals surface area contributed by atoms with E-state index in [2.05, 4.69) is 0 Å². The van der Waals surface area contributed by atoms with Crippen LogP contribution in [0, 0.1) is 11.8 Å². The largest absolute Gasteiger partial charge is 0.349 e. The van der Waals surface area contributed by atoms with Gasteiger partial charge in [0.1, 0.15) is 5.78 Å². The van der Waals surface area contributed by atoms with Gasteiger partial charge in [-0.25, -0.2) is 0 Å². The molecule has 1 aromatic rings. The van der Waals surface area contributed by atoms with Crippen LogP contribution in [-0.4, -0.2) is 32.1 Å². The van der Waals surface area contributed by atoms with Crippen molar-refractivity contribution in [2.75, 3.05) is 14.2 Å². The summed E-state index contributed by atoms with van der Waals surface area (Å²) in [6.45, 7) is 0. The molecule has 5 heteroatoms. The van der Waals surface area contributed by atoms with E-state index in [1.807, 2.05) is 24.3 Å². The summed E-state index contributed by atoms with van der Waals surface area (Å²) in [7, 11) is 2.84. The predicted octanol–water partition coefficient (Wildman–Crippen LogP) is 3.84. The van der Waals surface area contributed by atoms with Gasteiger partial charge in [0.25, 0.3) is 0 Å². The van der Waals surface area contributed by atoms with E-state index < -0.39 is 12.2 Å². The Balaban J connectivity index is 2.17. The number of benzene rings is 1. The maximum atomic E-state index is 13.0. The van der Waals surface area contributed by atoms with Gasteiger partial charge in [0, 0.05) is 25.2 Å². The third kappa shape index (κ3) is 4.88. The van der Waals surface area contributed by atoms with Gasteiger partial charge in [-0.15, -0.1) is 0 Å². The first kappa shape index (κ1) is 19.1. The number of Topliss-reactive ketones (excluding diaryl/α,β-unsaturated/α-hetero) is 2. The summed E-state index contributed by atoms with van der Waals surface area (Å²) in [5.74, 6) is -1.05. The summed E-state index contributed by atoms with van der Waals surface area (Å²) in [5.41, 5.74) is 1.03. The number of hydrogen-bond donors (Lipinski definition) is 0. The molecule has 1 saturated carbocycles. The summed E-state index contributed by atoms with van der Waals surface area (Å²) in [6, 6.07) is 7.57. The van der Waals surface area contributed by atoms with Crippen LogP contribution in [-0.2, 0) is 25.5 Å². The SMILES string of the molecule is COC(OC)C(=O)C1CCCCCC(Cc2cccc(Cl)c2)C1=O. The Labute approximate surface area is 148 Å². The molecule has 1 aromatic carbocycles. The smallest absolute Gasteiger partial charge is 0.218 e. The highest BCUT2D eigenvalue weighted by Gasteiger charge is 2.36. The molecule has 0 heterocycles. The third-order valence-electron chi connectivity index (χ3n) is 4.67. The highest BCUT2D eigenvalue weighted by molar-refractivity contribution is 6.30. The molecule has 4 nitrogen and oxygen atoms in total. The molecule has 2 rings (SSSR count). The van der Waals surface area contributed by atoms with E-state index in [0.29, 0.717) is 17.9 Å². The highest BCUT2D eigenvalue weighted by Crippen LogP contribution is 2.28. The molecular weight excluding hydrogens is 328 g/mol. The van der Waals surface area contributed by atoms with E-state index in [-0.39, 0.29) is 17.5 Å². The molecule has 1 fully saturated rings. The van der Waals surface area contributed by atoms with Crippen LogP contribution in [0.3, 0.4) is 0 Å². The first-order valence-corrected chi connectivity index (χ1v) is 8.82. The molecule has 0 radical (unpaired) electrons. The van der Waals surface area contributed by atoms with E-state index in [1.165, 1.54) is 14.2 Å². The second kappa shape index (κ2) is 9.30.